The lowest BCUT2D eigenvalue weighted by atomic mass is 9.95. The molecule has 0 spiro atoms. The van der Waals surface area contributed by atoms with Crippen LogP contribution in [0.2, 0.25) is 0 Å². The third-order valence-corrected chi connectivity index (χ3v) is 3.09. The predicted octanol–water partition coefficient (Wildman–Crippen LogP) is 3.40. The van der Waals surface area contributed by atoms with Gasteiger partial charge in [-0.15, -0.1) is 6.58 Å². The smallest absolute Gasteiger partial charge is 0.331 e. The molecule has 0 heterocycles. The molecule has 0 aromatic heterocycles. The predicted molar refractivity (Wildman–Crippen MR) is 81.1 cm³/mol. The Balaban J connectivity index is 2.99. The van der Waals surface area contributed by atoms with Crippen LogP contribution in [-0.2, 0) is 9.53 Å². The van der Waals surface area contributed by atoms with Crippen LogP contribution < -0.4 is 10.1 Å². The summed E-state index contributed by atoms with van der Waals surface area (Å²) in [7, 11) is 1.60. The number of carbonyl (C=O) groups excluding carboxylic acids is 1. The number of para-hydroxylation sites is 2. The van der Waals surface area contributed by atoms with E-state index in [2.05, 4.69) is 11.9 Å². The van der Waals surface area contributed by atoms with Gasteiger partial charge in [0, 0.05) is 0 Å². The van der Waals surface area contributed by atoms with Gasteiger partial charge < -0.3 is 14.8 Å². The molecule has 0 bridgehead atoms. The molecule has 1 unspecified atom stereocenters. The summed E-state index contributed by atoms with van der Waals surface area (Å²) in [5.41, 5.74) is -0.0339. The van der Waals surface area contributed by atoms with E-state index in [0.29, 0.717) is 18.8 Å². The Hall–Kier alpha value is -1.97. The van der Waals surface area contributed by atoms with E-state index in [-0.39, 0.29) is 5.97 Å². The van der Waals surface area contributed by atoms with Crippen molar-refractivity contribution in [1.29, 1.82) is 0 Å². The Labute approximate surface area is 120 Å². The fraction of sp³-hybridized carbons (Fsp3) is 0.438. The van der Waals surface area contributed by atoms with Crippen LogP contribution in [0, 0.1) is 0 Å². The highest BCUT2D eigenvalue weighted by atomic mass is 16.5. The number of anilines is 1. The molecule has 1 N–H and O–H groups in total. The van der Waals surface area contributed by atoms with Crippen LogP contribution in [-0.4, -0.2) is 25.2 Å². The molecule has 0 aliphatic rings. The highest BCUT2D eigenvalue weighted by Gasteiger charge is 2.34. The van der Waals surface area contributed by atoms with Gasteiger partial charge in [0.2, 0.25) is 0 Å². The average Bonchev–Trinajstić information content (AvgIpc) is 2.46. The van der Waals surface area contributed by atoms with Gasteiger partial charge in [0.05, 0.1) is 19.4 Å². The first kappa shape index (κ1) is 16.1. The number of esters is 1. The van der Waals surface area contributed by atoms with Crippen molar-refractivity contribution in [2.75, 3.05) is 19.0 Å². The van der Waals surface area contributed by atoms with E-state index in [1.807, 2.05) is 31.2 Å². The van der Waals surface area contributed by atoms with Gasteiger partial charge in [0.15, 0.2) is 0 Å². The maximum absolute atomic E-state index is 12.2. The van der Waals surface area contributed by atoms with E-state index in [1.165, 1.54) is 0 Å². The summed E-state index contributed by atoms with van der Waals surface area (Å²) in [5, 5.41) is 3.25. The average molecular weight is 277 g/mol. The van der Waals surface area contributed by atoms with E-state index >= 15 is 0 Å². The monoisotopic (exact) mass is 277 g/mol. The fourth-order valence-corrected chi connectivity index (χ4v) is 1.94. The topological polar surface area (TPSA) is 47.6 Å². The van der Waals surface area contributed by atoms with Gasteiger partial charge in [-0.1, -0.05) is 18.2 Å². The van der Waals surface area contributed by atoms with Crippen molar-refractivity contribution >= 4 is 11.7 Å². The van der Waals surface area contributed by atoms with Crippen LogP contribution >= 0.6 is 0 Å². The van der Waals surface area contributed by atoms with E-state index in [1.54, 1.807) is 20.1 Å². The second kappa shape index (κ2) is 7.58. The Morgan fingerprint density at radius 2 is 2.15 bits per heavy atom. The van der Waals surface area contributed by atoms with Gasteiger partial charge in [-0.2, -0.15) is 0 Å². The van der Waals surface area contributed by atoms with Crippen LogP contribution in [0.5, 0.6) is 5.75 Å². The molecule has 1 aromatic carbocycles. The van der Waals surface area contributed by atoms with Gasteiger partial charge in [0.25, 0.3) is 0 Å². The van der Waals surface area contributed by atoms with Crippen molar-refractivity contribution in [2.45, 2.75) is 32.2 Å². The lowest BCUT2D eigenvalue weighted by Crippen LogP contribution is -2.44. The Morgan fingerprint density at radius 1 is 1.45 bits per heavy atom. The zero-order chi connectivity index (χ0) is 15.0. The van der Waals surface area contributed by atoms with Crippen LogP contribution in [0.1, 0.15) is 26.7 Å². The number of hydrogen-bond acceptors (Lipinski definition) is 4. The summed E-state index contributed by atoms with van der Waals surface area (Å²) < 4.78 is 10.5. The summed E-state index contributed by atoms with van der Waals surface area (Å²) >= 11 is 0. The first-order valence-corrected chi connectivity index (χ1v) is 6.76. The quantitative estimate of drug-likeness (QED) is 0.584. The van der Waals surface area contributed by atoms with Crippen LogP contribution in [0.15, 0.2) is 36.9 Å². The molecule has 20 heavy (non-hydrogen) atoms. The van der Waals surface area contributed by atoms with Gasteiger partial charge in [0.1, 0.15) is 11.3 Å². The highest BCUT2D eigenvalue weighted by Crippen LogP contribution is 2.29. The lowest BCUT2D eigenvalue weighted by Gasteiger charge is -2.30. The van der Waals surface area contributed by atoms with Crippen LogP contribution in [0.4, 0.5) is 5.69 Å². The van der Waals surface area contributed by atoms with Gasteiger partial charge in [-0.3, -0.25) is 0 Å². The third-order valence-electron chi connectivity index (χ3n) is 3.09. The molecule has 0 amide bonds. The minimum absolute atomic E-state index is 0.271. The second-order valence-electron chi connectivity index (χ2n) is 4.71. The Bertz CT molecular complexity index is 459. The lowest BCUT2D eigenvalue weighted by molar-refractivity contribution is -0.148. The highest BCUT2D eigenvalue weighted by molar-refractivity contribution is 5.84. The van der Waals surface area contributed by atoms with Gasteiger partial charge in [-0.25, -0.2) is 4.79 Å². The molecule has 1 aromatic rings. The maximum atomic E-state index is 12.2. The number of rotatable bonds is 8. The van der Waals surface area contributed by atoms with Crippen molar-refractivity contribution in [3.63, 3.8) is 0 Å². The zero-order valence-electron chi connectivity index (χ0n) is 12.4. The molecule has 0 fully saturated rings. The van der Waals surface area contributed by atoms with Gasteiger partial charge >= 0.3 is 5.97 Å². The minimum atomic E-state index is -0.807. The van der Waals surface area contributed by atoms with Crippen molar-refractivity contribution in [1.82, 2.24) is 0 Å². The molecule has 0 saturated carbocycles. The molecule has 1 atom stereocenters. The summed E-state index contributed by atoms with van der Waals surface area (Å²) in [5.74, 6) is 0.425. The van der Waals surface area contributed by atoms with E-state index in [4.69, 9.17) is 9.47 Å². The number of carbonyl (C=O) groups is 1. The van der Waals surface area contributed by atoms with E-state index in [0.717, 1.165) is 12.1 Å². The fourth-order valence-electron chi connectivity index (χ4n) is 1.94. The van der Waals surface area contributed by atoms with Crippen molar-refractivity contribution < 1.29 is 14.3 Å². The molecular weight excluding hydrogens is 254 g/mol. The number of benzene rings is 1. The number of allylic oxidation sites excluding steroid dienone is 1. The largest absolute Gasteiger partial charge is 0.495 e. The number of hydrogen-bond donors (Lipinski definition) is 1. The molecule has 0 aliphatic carbocycles. The first-order valence-electron chi connectivity index (χ1n) is 6.76. The minimum Gasteiger partial charge on any atom is -0.495 e. The standard InChI is InChI=1S/C16H23NO3/c1-5-7-12-16(3,15(18)20-6-2)17-13-10-8-9-11-14(13)19-4/h5,8-11,17H,1,6-7,12H2,2-4H3. The second-order valence-corrected chi connectivity index (χ2v) is 4.71. The number of ether oxygens (including phenoxy) is 2. The SMILES string of the molecule is C=CCCC(C)(Nc1ccccc1OC)C(=O)OCC. The van der Waals surface area contributed by atoms with Crippen molar-refractivity contribution in [3.05, 3.63) is 36.9 Å². The normalized spacial score (nSPS) is 13.2. The summed E-state index contributed by atoms with van der Waals surface area (Å²) in [6.45, 7) is 7.70. The number of nitrogens with one attached hydrogen (secondary N) is 1. The summed E-state index contributed by atoms with van der Waals surface area (Å²) in [6.07, 6.45) is 3.12. The Morgan fingerprint density at radius 3 is 2.75 bits per heavy atom. The van der Waals surface area contributed by atoms with Crippen LogP contribution in [0.25, 0.3) is 0 Å². The first-order chi connectivity index (χ1) is 9.57. The molecule has 1 rings (SSSR count). The van der Waals surface area contributed by atoms with Crippen LogP contribution in [0.3, 0.4) is 0 Å². The number of methoxy groups -OCH3 is 1. The summed E-state index contributed by atoms with van der Waals surface area (Å²) in [4.78, 5) is 12.2. The molecule has 110 valence electrons. The summed E-state index contributed by atoms with van der Waals surface area (Å²) in [6, 6.07) is 7.50. The zero-order valence-corrected chi connectivity index (χ0v) is 12.4. The molecule has 4 heteroatoms. The molecule has 0 radical (unpaired) electrons. The molecule has 4 nitrogen and oxygen atoms in total. The Kier molecular flexibility index (Phi) is 6.10. The molecule has 0 saturated heterocycles. The molecule has 0 aliphatic heterocycles. The van der Waals surface area contributed by atoms with E-state index in [9.17, 15) is 4.79 Å². The maximum Gasteiger partial charge on any atom is 0.331 e. The third kappa shape index (κ3) is 4.02. The van der Waals surface area contributed by atoms with Crippen molar-refractivity contribution in [2.24, 2.45) is 0 Å². The van der Waals surface area contributed by atoms with E-state index < -0.39 is 5.54 Å². The van der Waals surface area contributed by atoms with Crippen molar-refractivity contribution in [3.8, 4) is 5.75 Å². The molecular formula is C16H23NO3. The van der Waals surface area contributed by atoms with Gasteiger partial charge in [-0.05, 0) is 38.8 Å².